The van der Waals surface area contributed by atoms with Crippen molar-refractivity contribution >= 4 is 11.7 Å². The van der Waals surface area contributed by atoms with Crippen LogP contribution in [0.25, 0.3) is 0 Å². The molecule has 8 heteroatoms. The van der Waals surface area contributed by atoms with Crippen molar-refractivity contribution in [3.05, 3.63) is 34.5 Å². The monoisotopic (exact) mass is 440 g/mol. The molecule has 2 fully saturated rings. The maximum atomic E-state index is 12.7. The number of likely N-dealkylation sites (tertiary alicyclic amines) is 1. The van der Waals surface area contributed by atoms with Crippen molar-refractivity contribution in [3.8, 4) is 0 Å². The second-order valence-electron chi connectivity index (χ2n) is 9.12. The lowest BCUT2D eigenvalue weighted by atomic mass is 9.95. The average molecular weight is 441 g/mol. The van der Waals surface area contributed by atoms with Crippen LogP contribution in [0.3, 0.4) is 0 Å². The van der Waals surface area contributed by atoms with Gasteiger partial charge in [0, 0.05) is 62.0 Å². The molecule has 2 saturated heterocycles. The van der Waals surface area contributed by atoms with Crippen LogP contribution in [-0.2, 0) is 16.1 Å². The number of rotatable bonds is 6. The molecule has 0 N–H and O–H groups in total. The van der Waals surface area contributed by atoms with Crippen LogP contribution in [0.15, 0.2) is 6.07 Å². The number of aromatic nitrogens is 4. The highest BCUT2D eigenvalue weighted by Gasteiger charge is 2.27. The van der Waals surface area contributed by atoms with Crippen LogP contribution in [-0.4, -0.2) is 69.9 Å². The van der Waals surface area contributed by atoms with E-state index in [-0.39, 0.29) is 5.91 Å². The van der Waals surface area contributed by atoms with Crippen LogP contribution >= 0.6 is 0 Å². The quantitative estimate of drug-likeness (QED) is 0.687. The molecule has 4 rings (SSSR count). The number of hydrogen-bond donors (Lipinski definition) is 0. The summed E-state index contributed by atoms with van der Waals surface area (Å²) in [6.07, 6.45) is 3.25. The Morgan fingerprint density at radius 2 is 1.78 bits per heavy atom. The molecule has 2 aromatic heterocycles. The van der Waals surface area contributed by atoms with Crippen molar-refractivity contribution in [2.45, 2.75) is 65.8 Å². The summed E-state index contributed by atoms with van der Waals surface area (Å²) in [5, 5.41) is 4.48. The lowest BCUT2D eigenvalue weighted by Crippen LogP contribution is -2.39. The SMILES string of the molecule is Cc1cc(C)n(CCCC(=O)N2CCC(c3nc(C)c(C)c(N4CCOCC4)n3)CC2)n1. The molecule has 0 bridgehead atoms. The van der Waals surface area contributed by atoms with Gasteiger partial charge < -0.3 is 14.5 Å². The van der Waals surface area contributed by atoms with Gasteiger partial charge in [-0.05, 0) is 53.0 Å². The van der Waals surface area contributed by atoms with E-state index in [2.05, 4.69) is 36.8 Å². The second kappa shape index (κ2) is 9.98. The van der Waals surface area contributed by atoms with Gasteiger partial charge in [0.2, 0.25) is 5.91 Å². The molecule has 0 spiro atoms. The molecule has 2 aliphatic rings. The van der Waals surface area contributed by atoms with Gasteiger partial charge in [0.05, 0.1) is 18.9 Å². The molecule has 174 valence electrons. The van der Waals surface area contributed by atoms with E-state index in [0.717, 1.165) is 99.5 Å². The Labute approximate surface area is 191 Å². The maximum absolute atomic E-state index is 12.7. The lowest BCUT2D eigenvalue weighted by Gasteiger charge is -2.33. The van der Waals surface area contributed by atoms with Gasteiger partial charge >= 0.3 is 0 Å². The van der Waals surface area contributed by atoms with Gasteiger partial charge in [-0.25, -0.2) is 9.97 Å². The van der Waals surface area contributed by atoms with Gasteiger partial charge in [-0.15, -0.1) is 0 Å². The second-order valence-corrected chi connectivity index (χ2v) is 9.12. The summed E-state index contributed by atoms with van der Waals surface area (Å²) >= 11 is 0. The zero-order valence-electron chi connectivity index (χ0n) is 19.9. The molecule has 8 nitrogen and oxygen atoms in total. The van der Waals surface area contributed by atoms with Gasteiger partial charge in [-0.3, -0.25) is 9.48 Å². The van der Waals surface area contributed by atoms with E-state index in [1.54, 1.807) is 0 Å². The number of hydrogen-bond acceptors (Lipinski definition) is 6. The first kappa shape index (κ1) is 22.7. The van der Waals surface area contributed by atoms with Crippen molar-refractivity contribution in [3.63, 3.8) is 0 Å². The predicted molar refractivity (Wildman–Crippen MR) is 124 cm³/mol. The number of carbonyl (C=O) groups is 1. The summed E-state index contributed by atoms with van der Waals surface area (Å²) in [6, 6.07) is 2.08. The smallest absolute Gasteiger partial charge is 0.222 e. The minimum atomic E-state index is 0.250. The summed E-state index contributed by atoms with van der Waals surface area (Å²) in [5.74, 6) is 2.55. The fourth-order valence-corrected chi connectivity index (χ4v) is 4.73. The van der Waals surface area contributed by atoms with E-state index in [0.29, 0.717) is 12.3 Å². The summed E-state index contributed by atoms with van der Waals surface area (Å²) < 4.78 is 7.50. The Balaban J connectivity index is 1.31. The topological polar surface area (TPSA) is 76.4 Å². The summed E-state index contributed by atoms with van der Waals surface area (Å²) in [4.78, 5) is 26.9. The number of amides is 1. The number of carbonyl (C=O) groups excluding carboxylic acids is 1. The van der Waals surface area contributed by atoms with Crippen LogP contribution < -0.4 is 4.90 Å². The van der Waals surface area contributed by atoms with Crippen LogP contribution in [0, 0.1) is 27.7 Å². The number of anilines is 1. The van der Waals surface area contributed by atoms with E-state index in [4.69, 9.17) is 14.7 Å². The third-order valence-electron chi connectivity index (χ3n) is 6.77. The highest BCUT2D eigenvalue weighted by molar-refractivity contribution is 5.76. The predicted octanol–water partition coefficient (Wildman–Crippen LogP) is 2.93. The zero-order chi connectivity index (χ0) is 22.7. The van der Waals surface area contributed by atoms with Crippen molar-refractivity contribution < 1.29 is 9.53 Å². The minimum absolute atomic E-state index is 0.250. The standard InChI is InChI=1S/C24H36N6O2/c1-17-16-18(2)30(27-17)9-5-6-22(31)28-10-7-21(8-11-28)23-25-20(4)19(3)24(26-23)29-12-14-32-15-13-29/h16,21H,5-15H2,1-4H3. The molecule has 0 saturated carbocycles. The number of aryl methyl sites for hydroxylation is 4. The third-order valence-corrected chi connectivity index (χ3v) is 6.77. The first-order chi connectivity index (χ1) is 15.4. The minimum Gasteiger partial charge on any atom is -0.378 e. The van der Waals surface area contributed by atoms with Gasteiger partial charge in [-0.2, -0.15) is 5.10 Å². The van der Waals surface area contributed by atoms with Gasteiger partial charge in [0.25, 0.3) is 0 Å². The largest absolute Gasteiger partial charge is 0.378 e. The molecule has 0 aliphatic carbocycles. The van der Waals surface area contributed by atoms with E-state index in [1.165, 1.54) is 0 Å². The Bertz CT molecular complexity index is 942. The Hall–Kier alpha value is -2.48. The first-order valence-corrected chi connectivity index (χ1v) is 11.9. The van der Waals surface area contributed by atoms with E-state index in [9.17, 15) is 4.79 Å². The number of ether oxygens (including phenoxy) is 1. The molecule has 0 atom stereocenters. The van der Waals surface area contributed by atoms with Crippen molar-refractivity contribution in [1.82, 2.24) is 24.6 Å². The molecule has 4 heterocycles. The Kier molecular flexibility index (Phi) is 7.08. The highest BCUT2D eigenvalue weighted by Crippen LogP contribution is 2.29. The Morgan fingerprint density at radius 3 is 2.44 bits per heavy atom. The Morgan fingerprint density at radius 1 is 1.06 bits per heavy atom. The molecule has 2 aromatic rings. The van der Waals surface area contributed by atoms with Crippen LogP contribution in [0.1, 0.15) is 60.1 Å². The molecule has 0 radical (unpaired) electrons. The van der Waals surface area contributed by atoms with E-state index >= 15 is 0 Å². The molecule has 0 unspecified atom stereocenters. The van der Waals surface area contributed by atoms with Gasteiger partial charge in [0.15, 0.2) is 0 Å². The summed E-state index contributed by atoms with van der Waals surface area (Å²) in [6.45, 7) is 13.9. The van der Waals surface area contributed by atoms with Gasteiger partial charge in [0.1, 0.15) is 11.6 Å². The average Bonchev–Trinajstić information content (AvgIpc) is 3.13. The summed E-state index contributed by atoms with van der Waals surface area (Å²) in [7, 11) is 0. The van der Waals surface area contributed by atoms with Gasteiger partial charge in [-0.1, -0.05) is 0 Å². The first-order valence-electron chi connectivity index (χ1n) is 11.9. The summed E-state index contributed by atoms with van der Waals surface area (Å²) in [5.41, 5.74) is 4.40. The normalized spacial score (nSPS) is 17.8. The van der Waals surface area contributed by atoms with E-state index in [1.807, 2.05) is 16.5 Å². The molecular formula is C24H36N6O2. The van der Waals surface area contributed by atoms with E-state index < -0.39 is 0 Å². The van der Waals surface area contributed by atoms with Crippen molar-refractivity contribution in [2.24, 2.45) is 0 Å². The highest BCUT2D eigenvalue weighted by atomic mass is 16.5. The number of morpholine rings is 1. The molecule has 2 aliphatic heterocycles. The number of nitrogens with zero attached hydrogens (tertiary/aromatic N) is 6. The van der Waals surface area contributed by atoms with Crippen molar-refractivity contribution in [2.75, 3.05) is 44.3 Å². The molecular weight excluding hydrogens is 404 g/mol. The zero-order valence-corrected chi connectivity index (χ0v) is 19.9. The maximum Gasteiger partial charge on any atom is 0.222 e. The molecule has 32 heavy (non-hydrogen) atoms. The van der Waals surface area contributed by atoms with Crippen LogP contribution in [0.2, 0.25) is 0 Å². The number of piperidine rings is 1. The lowest BCUT2D eigenvalue weighted by molar-refractivity contribution is -0.132. The van der Waals surface area contributed by atoms with Crippen molar-refractivity contribution in [1.29, 1.82) is 0 Å². The van der Waals surface area contributed by atoms with Crippen LogP contribution in [0.5, 0.6) is 0 Å². The molecule has 0 aromatic carbocycles. The van der Waals surface area contributed by atoms with Crippen LogP contribution in [0.4, 0.5) is 5.82 Å². The third kappa shape index (κ3) is 5.11. The molecule has 1 amide bonds. The fraction of sp³-hybridized carbons (Fsp3) is 0.667. The fourth-order valence-electron chi connectivity index (χ4n) is 4.73.